The number of carbonyl (C=O) groups is 2. The number of aromatic nitrogens is 1. The van der Waals surface area contributed by atoms with Crippen molar-refractivity contribution in [1.29, 1.82) is 0 Å². The summed E-state index contributed by atoms with van der Waals surface area (Å²) in [5, 5.41) is 16.7. The van der Waals surface area contributed by atoms with Gasteiger partial charge in [0.1, 0.15) is 11.4 Å². The fourth-order valence-electron chi connectivity index (χ4n) is 3.55. The van der Waals surface area contributed by atoms with Crippen LogP contribution < -0.4 is 4.74 Å². The number of carbonyl (C=O) groups excluding carboxylic acids is 1. The van der Waals surface area contributed by atoms with Gasteiger partial charge in [-0.25, -0.2) is 9.78 Å². The smallest absolute Gasteiger partial charge is 0.490 e. The Morgan fingerprint density at radius 2 is 1.94 bits per heavy atom. The molecule has 0 aliphatic carbocycles. The molecule has 11 heteroatoms. The van der Waals surface area contributed by atoms with E-state index in [-0.39, 0.29) is 23.2 Å². The van der Waals surface area contributed by atoms with E-state index in [1.54, 1.807) is 29.3 Å². The number of nitrogens with zero attached hydrogens (tertiary/aromatic N) is 2. The van der Waals surface area contributed by atoms with Crippen LogP contribution in [0.25, 0.3) is 0 Å². The van der Waals surface area contributed by atoms with Gasteiger partial charge in [-0.2, -0.15) is 13.2 Å². The fraction of sp³-hybridized carbons (Fsp3) is 0.381. The van der Waals surface area contributed by atoms with Gasteiger partial charge in [-0.3, -0.25) is 4.79 Å². The molecule has 2 aromatic rings. The average Bonchev–Trinajstić information content (AvgIpc) is 3.15. The molecule has 0 bridgehead atoms. The highest BCUT2D eigenvalue weighted by atomic mass is 19.4. The third kappa shape index (κ3) is 5.47. The Bertz CT molecular complexity index is 948. The molecule has 8 nitrogen and oxygen atoms in total. The highest BCUT2D eigenvalue weighted by Gasteiger charge is 2.54. The third-order valence-corrected chi connectivity index (χ3v) is 5.21. The number of benzene rings is 1. The number of amides is 1. The molecule has 32 heavy (non-hydrogen) atoms. The maximum Gasteiger partial charge on any atom is 0.490 e. The van der Waals surface area contributed by atoms with Crippen molar-refractivity contribution in [1.82, 2.24) is 9.88 Å². The fourth-order valence-corrected chi connectivity index (χ4v) is 3.55. The molecule has 1 aromatic heterocycles. The maximum atomic E-state index is 12.5. The number of rotatable bonds is 4. The minimum absolute atomic E-state index is 0.0820. The minimum Gasteiger partial charge on any atom is -0.508 e. The molecule has 1 amide bonds. The number of phenolic OH excluding ortho intramolecular Hbond substituents is 1. The van der Waals surface area contributed by atoms with Crippen molar-refractivity contribution in [2.24, 2.45) is 5.92 Å². The van der Waals surface area contributed by atoms with Crippen LogP contribution in [0, 0.1) is 5.92 Å². The number of likely N-dealkylation sites (tertiary alicyclic amines) is 1. The Kier molecular flexibility index (Phi) is 6.87. The Morgan fingerprint density at radius 1 is 1.22 bits per heavy atom. The summed E-state index contributed by atoms with van der Waals surface area (Å²) in [4.78, 5) is 27.3. The lowest BCUT2D eigenvalue weighted by molar-refractivity contribution is -0.192. The van der Waals surface area contributed by atoms with E-state index in [9.17, 15) is 23.1 Å². The second kappa shape index (κ2) is 9.43. The summed E-state index contributed by atoms with van der Waals surface area (Å²) in [5.74, 6) is -1.90. The summed E-state index contributed by atoms with van der Waals surface area (Å²) in [6.07, 6.45) is -2.46. The van der Waals surface area contributed by atoms with Crippen LogP contribution in [0.5, 0.6) is 11.6 Å². The Morgan fingerprint density at radius 3 is 2.53 bits per heavy atom. The van der Waals surface area contributed by atoms with E-state index < -0.39 is 12.1 Å². The Labute approximate surface area is 181 Å². The lowest BCUT2D eigenvalue weighted by Crippen LogP contribution is -2.66. The monoisotopic (exact) mass is 454 g/mol. The topological polar surface area (TPSA) is 109 Å². The lowest BCUT2D eigenvalue weighted by atomic mass is 9.81. The SMILES string of the molecule is O=C(O)C(F)(F)F.O=C(c1cccc(O)c1)N1CC2(C1)OCCC2COc1ccccn1. The van der Waals surface area contributed by atoms with E-state index in [1.807, 2.05) is 18.2 Å². The van der Waals surface area contributed by atoms with Crippen LogP contribution in [0.1, 0.15) is 16.8 Å². The molecular formula is C21H21F3N2O6. The van der Waals surface area contributed by atoms with Crippen molar-refractivity contribution in [2.45, 2.75) is 18.2 Å². The number of aliphatic carboxylic acids is 1. The van der Waals surface area contributed by atoms with E-state index in [0.717, 1.165) is 6.42 Å². The molecular weight excluding hydrogens is 433 g/mol. The van der Waals surface area contributed by atoms with Gasteiger partial charge in [0.2, 0.25) is 5.88 Å². The second-order valence-electron chi connectivity index (χ2n) is 7.39. The number of hydrogen-bond donors (Lipinski definition) is 2. The van der Waals surface area contributed by atoms with Crippen LogP contribution >= 0.6 is 0 Å². The standard InChI is InChI=1S/C19H20N2O4.C2HF3O2/c22-16-5-3-4-14(10-16)18(23)21-12-19(13-21)15(7-9-25-19)11-24-17-6-1-2-8-20-17;3-2(4,5)1(6)7/h1-6,8,10,15,22H,7,9,11-13H2;(H,6,7). The van der Waals surface area contributed by atoms with Gasteiger partial charge < -0.3 is 24.6 Å². The molecule has 2 saturated heterocycles. The van der Waals surface area contributed by atoms with Crippen molar-refractivity contribution in [2.75, 3.05) is 26.3 Å². The van der Waals surface area contributed by atoms with Gasteiger partial charge in [-0.1, -0.05) is 12.1 Å². The minimum atomic E-state index is -5.08. The highest BCUT2D eigenvalue weighted by molar-refractivity contribution is 5.95. The predicted molar refractivity (Wildman–Crippen MR) is 104 cm³/mol. The summed E-state index contributed by atoms with van der Waals surface area (Å²) in [6.45, 7) is 2.32. The van der Waals surface area contributed by atoms with E-state index in [2.05, 4.69) is 4.98 Å². The van der Waals surface area contributed by atoms with Crippen LogP contribution in [0.2, 0.25) is 0 Å². The second-order valence-corrected chi connectivity index (χ2v) is 7.39. The normalized spacial score (nSPS) is 19.0. The number of alkyl halides is 3. The molecule has 0 radical (unpaired) electrons. The van der Waals surface area contributed by atoms with E-state index in [4.69, 9.17) is 19.4 Å². The number of phenols is 1. The molecule has 1 spiro atoms. The van der Waals surface area contributed by atoms with E-state index >= 15 is 0 Å². The van der Waals surface area contributed by atoms with Crippen LogP contribution in [0.15, 0.2) is 48.7 Å². The van der Waals surface area contributed by atoms with Crippen molar-refractivity contribution in [3.63, 3.8) is 0 Å². The first kappa shape index (κ1) is 23.3. The molecule has 2 aliphatic heterocycles. The van der Waals surface area contributed by atoms with Gasteiger partial charge in [0.25, 0.3) is 5.91 Å². The van der Waals surface area contributed by atoms with E-state index in [1.165, 1.54) is 6.07 Å². The highest BCUT2D eigenvalue weighted by Crippen LogP contribution is 2.40. The van der Waals surface area contributed by atoms with Gasteiger partial charge in [0.15, 0.2) is 0 Å². The van der Waals surface area contributed by atoms with Gasteiger partial charge in [0.05, 0.1) is 19.7 Å². The zero-order valence-corrected chi connectivity index (χ0v) is 16.8. The van der Waals surface area contributed by atoms with Gasteiger partial charge in [-0.15, -0.1) is 0 Å². The number of aromatic hydroxyl groups is 1. The Balaban J connectivity index is 0.000000360. The van der Waals surface area contributed by atoms with Crippen molar-refractivity contribution < 1.29 is 42.4 Å². The molecule has 3 heterocycles. The third-order valence-electron chi connectivity index (χ3n) is 5.21. The number of ether oxygens (including phenoxy) is 2. The van der Waals surface area contributed by atoms with Crippen LogP contribution in [0.4, 0.5) is 13.2 Å². The zero-order valence-electron chi connectivity index (χ0n) is 16.8. The number of hydrogen-bond acceptors (Lipinski definition) is 6. The van der Waals surface area contributed by atoms with Crippen molar-refractivity contribution in [3.05, 3.63) is 54.2 Å². The van der Waals surface area contributed by atoms with Crippen LogP contribution in [-0.2, 0) is 9.53 Å². The quantitative estimate of drug-likeness (QED) is 0.731. The summed E-state index contributed by atoms with van der Waals surface area (Å²) in [6, 6.07) is 12.0. The number of halogens is 3. The molecule has 1 aromatic carbocycles. The first-order valence-corrected chi connectivity index (χ1v) is 9.67. The van der Waals surface area contributed by atoms with Gasteiger partial charge in [0, 0.05) is 30.4 Å². The first-order valence-electron chi connectivity index (χ1n) is 9.67. The zero-order chi connectivity index (χ0) is 23.4. The first-order chi connectivity index (χ1) is 15.1. The van der Waals surface area contributed by atoms with Crippen molar-refractivity contribution in [3.8, 4) is 11.6 Å². The van der Waals surface area contributed by atoms with Gasteiger partial charge >= 0.3 is 12.1 Å². The average molecular weight is 454 g/mol. The largest absolute Gasteiger partial charge is 0.508 e. The predicted octanol–water partition coefficient (Wildman–Crippen LogP) is 2.73. The number of carboxylic acid groups (broad SMARTS) is 1. The number of pyridine rings is 1. The molecule has 0 saturated carbocycles. The van der Waals surface area contributed by atoms with E-state index in [0.29, 0.717) is 37.7 Å². The summed E-state index contributed by atoms with van der Waals surface area (Å²) in [7, 11) is 0. The van der Waals surface area contributed by atoms with Crippen molar-refractivity contribution >= 4 is 11.9 Å². The summed E-state index contributed by atoms with van der Waals surface area (Å²) < 4.78 is 43.5. The maximum absolute atomic E-state index is 12.5. The molecule has 1 unspecified atom stereocenters. The molecule has 4 rings (SSSR count). The van der Waals surface area contributed by atoms with Crippen LogP contribution in [0.3, 0.4) is 0 Å². The lowest BCUT2D eigenvalue weighted by Gasteiger charge is -2.50. The molecule has 2 aliphatic rings. The van der Waals surface area contributed by atoms with Crippen LogP contribution in [-0.4, -0.2) is 70.1 Å². The summed E-state index contributed by atoms with van der Waals surface area (Å²) in [5.41, 5.74) is 0.176. The Hall–Kier alpha value is -3.34. The van der Waals surface area contributed by atoms with Gasteiger partial charge in [-0.05, 0) is 30.7 Å². The molecule has 1 atom stereocenters. The number of carboxylic acids is 1. The summed E-state index contributed by atoms with van der Waals surface area (Å²) >= 11 is 0. The molecule has 2 N–H and O–H groups in total. The molecule has 2 fully saturated rings. The molecule has 172 valence electrons.